The van der Waals surface area contributed by atoms with Gasteiger partial charge in [-0.25, -0.2) is 9.97 Å². The molecule has 0 radical (unpaired) electrons. The smallest absolute Gasteiger partial charge is 0.153 e. The molecule has 1 aromatic carbocycles. The molecular formula is C13H13N5O. The number of hydrogen-bond donors (Lipinski definition) is 1. The van der Waals surface area contributed by atoms with Crippen LogP contribution in [0, 0.1) is 0 Å². The van der Waals surface area contributed by atoms with Crippen LogP contribution in [0.5, 0.6) is 5.75 Å². The summed E-state index contributed by atoms with van der Waals surface area (Å²) in [6, 6.07) is 7.56. The van der Waals surface area contributed by atoms with E-state index in [9.17, 15) is 0 Å². The molecule has 0 bridgehead atoms. The summed E-state index contributed by atoms with van der Waals surface area (Å²) in [4.78, 5) is 8.49. The molecule has 1 N–H and O–H groups in total. The molecule has 2 aromatic heterocycles. The second kappa shape index (κ2) is 4.56. The number of fused-ring (bicyclic) bond motifs is 1. The maximum atomic E-state index is 5.23. The standard InChI is InChI=1S/C13H13N5O/c1-18-6-5-12(17-18)16-13-10-7-9(19-2)3-4-11(10)14-8-15-13/h3-8H,1-2H3,(H,14,15,16,17). The molecule has 0 saturated heterocycles. The van der Waals surface area contributed by atoms with Crippen LogP contribution in [0.4, 0.5) is 11.6 Å². The first kappa shape index (κ1) is 11.5. The van der Waals surface area contributed by atoms with Crippen LogP contribution in [0.15, 0.2) is 36.8 Å². The Hall–Kier alpha value is -2.63. The molecule has 6 heteroatoms. The molecule has 0 aliphatic heterocycles. The third-order valence-corrected chi connectivity index (χ3v) is 2.80. The van der Waals surface area contributed by atoms with E-state index in [0.717, 1.165) is 22.5 Å². The highest BCUT2D eigenvalue weighted by atomic mass is 16.5. The van der Waals surface area contributed by atoms with Crippen molar-refractivity contribution in [2.45, 2.75) is 0 Å². The molecule has 19 heavy (non-hydrogen) atoms. The maximum absolute atomic E-state index is 5.23. The Morgan fingerprint density at radius 3 is 2.84 bits per heavy atom. The monoisotopic (exact) mass is 255 g/mol. The van der Waals surface area contributed by atoms with E-state index in [1.54, 1.807) is 11.8 Å². The van der Waals surface area contributed by atoms with Gasteiger partial charge in [0, 0.05) is 24.7 Å². The van der Waals surface area contributed by atoms with Gasteiger partial charge in [0.1, 0.15) is 17.9 Å². The van der Waals surface area contributed by atoms with E-state index in [1.165, 1.54) is 6.33 Å². The molecule has 0 saturated carbocycles. The van der Waals surface area contributed by atoms with Gasteiger partial charge in [-0.15, -0.1) is 0 Å². The Kier molecular flexibility index (Phi) is 2.75. The zero-order valence-electron chi connectivity index (χ0n) is 10.7. The van der Waals surface area contributed by atoms with Crippen LogP contribution >= 0.6 is 0 Å². The van der Waals surface area contributed by atoms with E-state index >= 15 is 0 Å². The van der Waals surface area contributed by atoms with Crippen molar-refractivity contribution in [1.29, 1.82) is 0 Å². The summed E-state index contributed by atoms with van der Waals surface area (Å²) in [5.74, 6) is 2.22. The number of methoxy groups -OCH3 is 1. The molecule has 3 rings (SSSR count). The van der Waals surface area contributed by atoms with Crippen molar-refractivity contribution in [3.05, 3.63) is 36.8 Å². The number of nitrogens with one attached hydrogen (secondary N) is 1. The Bertz CT molecular complexity index is 722. The number of rotatable bonds is 3. The van der Waals surface area contributed by atoms with Crippen molar-refractivity contribution in [3.8, 4) is 5.75 Å². The average Bonchev–Trinajstić information content (AvgIpc) is 2.84. The fourth-order valence-corrected chi connectivity index (χ4v) is 1.87. The van der Waals surface area contributed by atoms with Crippen molar-refractivity contribution < 1.29 is 4.74 Å². The van der Waals surface area contributed by atoms with E-state index in [2.05, 4.69) is 20.4 Å². The Morgan fingerprint density at radius 1 is 1.21 bits per heavy atom. The van der Waals surface area contributed by atoms with Crippen LogP contribution in [0.1, 0.15) is 0 Å². The first-order chi connectivity index (χ1) is 9.26. The van der Waals surface area contributed by atoms with Gasteiger partial charge in [0.2, 0.25) is 0 Å². The van der Waals surface area contributed by atoms with Gasteiger partial charge in [0.05, 0.1) is 12.6 Å². The van der Waals surface area contributed by atoms with Crippen molar-refractivity contribution in [2.75, 3.05) is 12.4 Å². The Balaban J connectivity index is 2.06. The number of nitrogens with zero attached hydrogens (tertiary/aromatic N) is 4. The summed E-state index contributed by atoms with van der Waals surface area (Å²) in [7, 11) is 3.50. The lowest BCUT2D eigenvalue weighted by Crippen LogP contribution is -1.98. The van der Waals surface area contributed by atoms with Gasteiger partial charge < -0.3 is 10.1 Å². The summed E-state index contributed by atoms with van der Waals surface area (Å²) in [5, 5.41) is 8.35. The highest BCUT2D eigenvalue weighted by molar-refractivity contribution is 5.91. The molecule has 0 aliphatic carbocycles. The second-order valence-corrected chi connectivity index (χ2v) is 4.11. The number of ether oxygens (including phenoxy) is 1. The van der Waals surface area contributed by atoms with Crippen molar-refractivity contribution in [1.82, 2.24) is 19.7 Å². The molecule has 3 aromatic rings. The summed E-state index contributed by atoms with van der Waals surface area (Å²) in [6.07, 6.45) is 3.40. The predicted molar refractivity (Wildman–Crippen MR) is 72.6 cm³/mol. The molecule has 96 valence electrons. The van der Waals surface area contributed by atoms with Crippen LogP contribution < -0.4 is 10.1 Å². The van der Waals surface area contributed by atoms with E-state index in [-0.39, 0.29) is 0 Å². The van der Waals surface area contributed by atoms with Crippen LogP contribution in [0.3, 0.4) is 0 Å². The first-order valence-electron chi connectivity index (χ1n) is 5.82. The zero-order valence-corrected chi connectivity index (χ0v) is 10.7. The molecular weight excluding hydrogens is 242 g/mol. The molecule has 0 fully saturated rings. The molecule has 0 spiro atoms. The lowest BCUT2D eigenvalue weighted by atomic mass is 10.2. The van der Waals surface area contributed by atoms with Gasteiger partial charge in [0.15, 0.2) is 5.82 Å². The Labute approximate surface area is 110 Å². The normalized spacial score (nSPS) is 10.6. The quantitative estimate of drug-likeness (QED) is 0.776. The third-order valence-electron chi connectivity index (χ3n) is 2.80. The minimum Gasteiger partial charge on any atom is -0.497 e. The van der Waals surface area contributed by atoms with E-state index < -0.39 is 0 Å². The highest BCUT2D eigenvalue weighted by Gasteiger charge is 2.06. The summed E-state index contributed by atoms with van der Waals surface area (Å²) in [5.41, 5.74) is 0.856. The zero-order chi connectivity index (χ0) is 13.2. The first-order valence-corrected chi connectivity index (χ1v) is 5.82. The van der Waals surface area contributed by atoms with Gasteiger partial charge in [-0.2, -0.15) is 5.10 Å². The van der Waals surface area contributed by atoms with E-state index in [1.807, 2.05) is 37.5 Å². The molecule has 0 atom stereocenters. The predicted octanol–water partition coefficient (Wildman–Crippen LogP) is 2.12. The summed E-state index contributed by atoms with van der Waals surface area (Å²) in [6.45, 7) is 0. The van der Waals surface area contributed by atoms with Crippen molar-refractivity contribution in [2.24, 2.45) is 7.05 Å². The van der Waals surface area contributed by atoms with Crippen molar-refractivity contribution >= 4 is 22.5 Å². The molecule has 0 amide bonds. The maximum Gasteiger partial charge on any atom is 0.153 e. The van der Waals surface area contributed by atoms with E-state index in [4.69, 9.17) is 4.74 Å². The number of hydrogen-bond acceptors (Lipinski definition) is 5. The molecule has 0 aliphatic rings. The average molecular weight is 255 g/mol. The topological polar surface area (TPSA) is 64.9 Å². The third kappa shape index (κ3) is 2.20. The summed E-state index contributed by atoms with van der Waals surface area (Å²) >= 11 is 0. The fourth-order valence-electron chi connectivity index (χ4n) is 1.87. The van der Waals surface area contributed by atoms with Gasteiger partial charge in [-0.1, -0.05) is 0 Å². The number of benzene rings is 1. The number of anilines is 2. The molecule has 2 heterocycles. The largest absolute Gasteiger partial charge is 0.497 e. The van der Waals surface area contributed by atoms with E-state index in [0.29, 0.717) is 5.82 Å². The van der Waals surface area contributed by atoms with Crippen molar-refractivity contribution in [3.63, 3.8) is 0 Å². The number of aryl methyl sites for hydroxylation is 1. The van der Waals surface area contributed by atoms with Crippen LogP contribution in [0.2, 0.25) is 0 Å². The van der Waals surface area contributed by atoms with Gasteiger partial charge in [-0.3, -0.25) is 4.68 Å². The van der Waals surface area contributed by atoms with Gasteiger partial charge in [0.25, 0.3) is 0 Å². The van der Waals surface area contributed by atoms with Crippen LogP contribution in [-0.2, 0) is 7.05 Å². The Morgan fingerprint density at radius 2 is 2.11 bits per heavy atom. The minimum absolute atomic E-state index is 0.711. The van der Waals surface area contributed by atoms with Crippen LogP contribution in [-0.4, -0.2) is 26.9 Å². The second-order valence-electron chi connectivity index (χ2n) is 4.11. The lowest BCUT2D eigenvalue weighted by molar-refractivity contribution is 0.415. The van der Waals surface area contributed by atoms with Crippen LogP contribution in [0.25, 0.3) is 10.9 Å². The lowest BCUT2D eigenvalue weighted by Gasteiger charge is -2.07. The number of aromatic nitrogens is 4. The minimum atomic E-state index is 0.711. The molecule has 6 nitrogen and oxygen atoms in total. The fraction of sp³-hybridized carbons (Fsp3) is 0.154. The summed E-state index contributed by atoms with van der Waals surface area (Å²) < 4.78 is 6.96. The SMILES string of the molecule is COc1ccc2ncnc(Nc3ccn(C)n3)c2c1. The highest BCUT2D eigenvalue weighted by Crippen LogP contribution is 2.25. The van der Waals surface area contributed by atoms with Gasteiger partial charge in [-0.05, 0) is 18.2 Å². The van der Waals surface area contributed by atoms with Gasteiger partial charge >= 0.3 is 0 Å². The molecule has 0 unspecified atom stereocenters.